The summed E-state index contributed by atoms with van der Waals surface area (Å²) in [6.45, 7) is -0.133. The fraction of sp³-hybridized carbons (Fsp3) is 0.333. The molecule has 1 fully saturated rings. The number of aromatic nitrogens is 4. The van der Waals surface area contributed by atoms with Gasteiger partial charge in [-0.25, -0.2) is 15.1 Å². The SMILES string of the molecule is Cn1c(-c2ncnc3c2ccn3[C@@H]2C[C@@H](COS(N)(=O)=O)[C@@H](O)C2)cc2ccccc21. The van der Waals surface area contributed by atoms with E-state index in [0.29, 0.717) is 12.8 Å². The molecule has 3 N–H and O–H groups in total. The zero-order chi connectivity index (χ0) is 21.8. The van der Waals surface area contributed by atoms with Crippen LogP contribution in [-0.4, -0.2) is 45.3 Å². The number of aliphatic hydroxyl groups is 1. The van der Waals surface area contributed by atoms with E-state index in [1.807, 2.05) is 36.0 Å². The van der Waals surface area contributed by atoms with Crippen LogP contribution in [0.2, 0.25) is 0 Å². The maximum atomic E-state index is 11.1. The third kappa shape index (κ3) is 3.61. The molecule has 162 valence electrons. The van der Waals surface area contributed by atoms with Crippen molar-refractivity contribution in [1.29, 1.82) is 0 Å². The van der Waals surface area contributed by atoms with Crippen molar-refractivity contribution in [3.63, 3.8) is 0 Å². The van der Waals surface area contributed by atoms with Gasteiger partial charge in [-0.05, 0) is 31.0 Å². The van der Waals surface area contributed by atoms with Crippen LogP contribution < -0.4 is 5.14 Å². The Bertz CT molecular complexity index is 1380. The molecular weight excluding hydrogens is 418 g/mol. The largest absolute Gasteiger partial charge is 0.393 e. The van der Waals surface area contributed by atoms with Crippen LogP contribution in [0.4, 0.5) is 0 Å². The van der Waals surface area contributed by atoms with Gasteiger partial charge in [0.1, 0.15) is 12.0 Å². The molecule has 0 aliphatic heterocycles. The van der Waals surface area contributed by atoms with Gasteiger partial charge in [0.2, 0.25) is 0 Å². The second-order valence-electron chi connectivity index (χ2n) is 8.06. The normalized spacial score (nSPS) is 22.0. The number of benzene rings is 1. The van der Waals surface area contributed by atoms with Crippen molar-refractivity contribution in [2.75, 3.05) is 6.61 Å². The number of fused-ring (bicyclic) bond motifs is 2. The van der Waals surface area contributed by atoms with Gasteiger partial charge in [0.05, 0.1) is 24.1 Å². The average Bonchev–Trinajstić information content (AvgIpc) is 3.41. The van der Waals surface area contributed by atoms with E-state index >= 15 is 0 Å². The summed E-state index contributed by atoms with van der Waals surface area (Å²) in [5.41, 5.74) is 3.74. The minimum atomic E-state index is -4.03. The first-order valence-corrected chi connectivity index (χ1v) is 11.5. The molecule has 3 aromatic heterocycles. The van der Waals surface area contributed by atoms with E-state index in [0.717, 1.165) is 33.3 Å². The van der Waals surface area contributed by atoms with Gasteiger partial charge in [-0.2, -0.15) is 8.42 Å². The summed E-state index contributed by atoms with van der Waals surface area (Å²) in [6.07, 6.45) is 3.87. The summed E-state index contributed by atoms with van der Waals surface area (Å²) in [5.74, 6) is -0.319. The van der Waals surface area contributed by atoms with Crippen LogP contribution in [0, 0.1) is 5.92 Å². The van der Waals surface area contributed by atoms with Crippen LogP contribution in [0.25, 0.3) is 33.3 Å². The molecule has 1 saturated carbocycles. The molecule has 0 bridgehead atoms. The number of para-hydroxylation sites is 1. The molecule has 3 heterocycles. The summed E-state index contributed by atoms with van der Waals surface area (Å²) in [7, 11) is -2.01. The molecule has 0 radical (unpaired) electrons. The maximum Gasteiger partial charge on any atom is 0.333 e. The fourth-order valence-electron chi connectivity index (χ4n) is 4.65. The zero-order valence-electron chi connectivity index (χ0n) is 16.9. The number of hydrogen-bond acceptors (Lipinski definition) is 6. The first-order chi connectivity index (χ1) is 14.8. The molecule has 4 aromatic rings. The first kappa shape index (κ1) is 20.1. The molecule has 31 heavy (non-hydrogen) atoms. The average molecular weight is 442 g/mol. The molecule has 9 nitrogen and oxygen atoms in total. The molecule has 1 aromatic carbocycles. The third-order valence-electron chi connectivity index (χ3n) is 6.18. The maximum absolute atomic E-state index is 11.1. The molecule has 0 saturated heterocycles. The smallest absolute Gasteiger partial charge is 0.333 e. The lowest BCUT2D eigenvalue weighted by atomic mass is 10.1. The van der Waals surface area contributed by atoms with Crippen LogP contribution >= 0.6 is 0 Å². The van der Waals surface area contributed by atoms with Crippen molar-refractivity contribution in [2.24, 2.45) is 18.1 Å². The molecule has 0 spiro atoms. The van der Waals surface area contributed by atoms with Crippen molar-refractivity contribution in [3.8, 4) is 11.4 Å². The highest BCUT2D eigenvalue weighted by atomic mass is 32.2. The van der Waals surface area contributed by atoms with Gasteiger partial charge in [0, 0.05) is 41.5 Å². The fourth-order valence-corrected chi connectivity index (χ4v) is 5.01. The van der Waals surface area contributed by atoms with E-state index in [-0.39, 0.29) is 18.6 Å². The summed E-state index contributed by atoms with van der Waals surface area (Å²) in [4.78, 5) is 9.07. The number of aliphatic hydroxyl groups excluding tert-OH is 1. The lowest BCUT2D eigenvalue weighted by Crippen LogP contribution is -2.24. The van der Waals surface area contributed by atoms with Gasteiger partial charge < -0.3 is 14.2 Å². The number of rotatable bonds is 5. The summed E-state index contributed by atoms with van der Waals surface area (Å²) < 4.78 is 31.0. The molecular formula is C21H23N5O4S. The number of nitrogens with two attached hydrogens (primary N) is 1. The van der Waals surface area contributed by atoms with E-state index < -0.39 is 16.4 Å². The zero-order valence-corrected chi connectivity index (χ0v) is 17.7. The van der Waals surface area contributed by atoms with Gasteiger partial charge in [-0.1, -0.05) is 18.2 Å². The number of nitrogens with zero attached hydrogens (tertiary/aromatic N) is 4. The van der Waals surface area contributed by atoms with Gasteiger partial charge in [0.15, 0.2) is 0 Å². The van der Waals surface area contributed by atoms with E-state index in [9.17, 15) is 13.5 Å². The number of aryl methyl sites for hydroxylation is 1. The Hall–Kier alpha value is -2.79. The van der Waals surface area contributed by atoms with Crippen LogP contribution in [0.15, 0.2) is 48.9 Å². The number of hydrogen-bond donors (Lipinski definition) is 2. The van der Waals surface area contributed by atoms with Crippen LogP contribution in [0.1, 0.15) is 18.9 Å². The quantitative estimate of drug-likeness (QED) is 0.489. The second kappa shape index (κ2) is 7.41. The second-order valence-corrected chi connectivity index (χ2v) is 9.28. The lowest BCUT2D eigenvalue weighted by Gasteiger charge is -2.14. The van der Waals surface area contributed by atoms with Crippen molar-refractivity contribution in [3.05, 3.63) is 48.9 Å². The lowest BCUT2D eigenvalue weighted by molar-refractivity contribution is 0.100. The minimum Gasteiger partial charge on any atom is -0.393 e. The molecule has 3 atom stereocenters. The predicted octanol–water partition coefficient (Wildman–Crippen LogP) is 2.12. The first-order valence-electron chi connectivity index (χ1n) is 10.0. The topological polar surface area (TPSA) is 125 Å². The van der Waals surface area contributed by atoms with Crippen molar-refractivity contribution < 1.29 is 17.7 Å². The predicted molar refractivity (Wildman–Crippen MR) is 116 cm³/mol. The Balaban J connectivity index is 1.49. The van der Waals surface area contributed by atoms with Gasteiger partial charge in [-0.15, -0.1) is 0 Å². The van der Waals surface area contributed by atoms with Gasteiger partial charge >= 0.3 is 10.3 Å². The van der Waals surface area contributed by atoms with Gasteiger partial charge in [-0.3, -0.25) is 4.18 Å². The molecule has 10 heteroatoms. The molecule has 1 aliphatic carbocycles. The van der Waals surface area contributed by atoms with Gasteiger partial charge in [0.25, 0.3) is 0 Å². The Morgan fingerprint density at radius 2 is 2.03 bits per heavy atom. The highest BCUT2D eigenvalue weighted by molar-refractivity contribution is 7.84. The van der Waals surface area contributed by atoms with E-state index in [1.165, 1.54) is 0 Å². The molecule has 0 unspecified atom stereocenters. The Morgan fingerprint density at radius 3 is 2.81 bits per heavy atom. The van der Waals surface area contributed by atoms with Crippen molar-refractivity contribution in [1.82, 2.24) is 19.1 Å². The standard InChI is InChI=1S/C21H23N5O4S/c1-25-17-5-3-2-4-13(17)9-18(25)20-16-6-7-26(21(16)24-12-23-20)15-8-14(19(27)10-15)11-30-31(22,28)29/h2-7,9,12,14-15,19,27H,8,10-11H2,1H3,(H2,22,28,29)/t14-,15+,19-/m0/s1. The van der Waals surface area contributed by atoms with E-state index in [2.05, 4.69) is 32.7 Å². The van der Waals surface area contributed by atoms with Crippen LogP contribution in [0.3, 0.4) is 0 Å². The van der Waals surface area contributed by atoms with Crippen LogP contribution in [-0.2, 0) is 21.5 Å². The monoisotopic (exact) mass is 441 g/mol. The van der Waals surface area contributed by atoms with Crippen molar-refractivity contribution in [2.45, 2.75) is 25.0 Å². The molecule has 1 aliphatic rings. The van der Waals surface area contributed by atoms with E-state index in [1.54, 1.807) is 6.33 Å². The molecule has 0 amide bonds. The Kier molecular flexibility index (Phi) is 4.82. The molecule has 5 rings (SSSR count). The summed E-state index contributed by atoms with van der Waals surface area (Å²) >= 11 is 0. The van der Waals surface area contributed by atoms with Crippen molar-refractivity contribution >= 4 is 32.2 Å². The Labute approximate surface area is 179 Å². The highest BCUT2D eigenvalue weighted by Gasteiger charge is 2.35. The minimum absolute atomic E-state index is 0.0307. The van der Waals surface area contributed by atoms with Crippen LogP contribution in [0.5, 0.6) is 0 Å². The highest BCUT2D eigenvalue weighted by Crippen LogP contribution is 2.38. The Morgan fingerprint density at radius 1 is 1.23 bits per heavy atom. The van der Waals surface area contributed by atoms with E-state index in [4.69, 9.17) is 9.32 Å². The third-order valence-corrected chi connectivity index (χ3v) is 6.64. The summed E-state index contributed by atoms with van der Waals surface area (Å²) in [5, 5.41) is 17.4. The summed E-state index contributed by atoms with van der Waals surface area (Å²) in [6, 6.07) is 12.3.